The van der Waals surface area contributed by atoms with Gasteiger partial charge in [0.1, 0.15) is 78.2 Å². The summed E-state index contributed by atoms with van der Waals surface area (Å²) in [6.45, 7) is 0.696. The number of aromatic nitrogens is 8. The molecule has 0 saturated heterocycles. The molecule has 8 aromatic heterocycles. The van der Waals surface area contributed by atoms with Crippen LogP contribution in [0.15, 0.2) is 268 Å². The van der Waals surface area contributed by atoms with Crippen LogP contribution in [0.5, 0.6) is 52.3 Å². The Morgan fingerprint density at radius 3 is 1.18 bits per heavy atom. The Morgan fingerprint density at radius 1 is 0.384 bits per heavy atom. The third-order valence-corrected chi connectivity index (χ3v) is 20.3. The van der Waals surface area contributed by atoms with Gasteiger partial charge in [0.2, 0.25) is 23.5 Å². The molecule has 0 radical (unpaired) electrons. The molecule has 26 nitrogen and oxygen atoms in total. The summed E-state index contributed by atoms with van der Waals surface area (Å²) < 4.78 is 27.9. The Kier molecular flexibility index (Phi) is 28.7. The maximum Gasteiger partial charge on any atom is 0.253 e. The van der Waals surface area contributed by atoms with Crippen molar-refractivity contribution in [1.82, 2.24) is 50.5 Å². The molecule has 0 spiro atoms. The van der Waals surface area contributed by atoms with E-state index in [9.17, 15) is 24.4 Å². The van der Waals surface area contributed by atoms with Crippen LogP contribution in [0.1, 0.15) is 87.7 Å². The van der Waals surface area contributed by atoms with Crippen LogP contribution in [0.25, 0.3) is 43.1 Å². The van der Waals surface area contributed by atoms with Crippen molar-refractivity contribution in [2.24, 2.45) is 0 Å². The van der Waals surface area contributed by atoms with Gasteiger partial charge in [-0.25, -0.2) is 39.9 Å². The predicted octanol–water partition coefficient (Wildman–Crippen LogP) is 19.9. The third-order valence-electron chi connectivity index (χ3n) is 19.2. The van der Waals surface area contributed by atoms with E-state index < -0.39 is 0 Å². The number of halogens is 4. The molecule has 125 heavy (non-hydrogen) atoms. The van der Waals surface area contributed by atoms with E-state index >= 15 is 0 Å². The zero-order valence-electron chi connectivity index (χ0n) is 67.1. The number of carbonyl (C=O) groups is 4. The molecule has 0 aliphatic heterocycles. The average Bonchev–Trinajstić information content (AvgIpc) is 0.421. The number of fused-ring (bicyclic) bond motifs is 4. The maximum absolute atomic E-state index is 12.6. The molecule has 0 atom stereocenters. The highest BCUT2D eigenvalue weighted by molar-refractivity contribution is 6.33. The number of rotatable bonds is 24. The molecule has 0 aliphatic carbocycles. The number of amides is 2. The minimum Gasteiger partial charge on any atom is -0.497 e. The van der Waals surface area contributed by atoms with Gasteiger partial charge in [-0.2, -0.15) is 10.5 Å². The normalized spacial score (nSPS) is 10.6. The van der Waals surface area contributed by atoms with Gasteiger partial charge in [-0.3, -0.25) is 19.2 Å². The number of ketones is 2. The standard InChI is InChI=1S/C24H22ClN5O2.2C24H17ClN4O2.C23H19ClN4O3/c1-30(2)18-4-6-19(7-5-18)32-24-21(25)12-17(14-29-24)23(31)28-13-15-3-8-20-16(11-15)9-10-27-22(20)26;25-21-12-18(14-29-24(21)31-19-3-1-2-16(11-19)13-26)22(30)7-5-15-4-6-20-17(10-15)8-9-28-23(20)27;25-20-12-18(14-29-24(20)31-22-4-2-1-3-17(22)13-26)21(30)8-6-15-5-7-19-16(11-15)9-10-28-23(19)27;1-30-17-3-2-4-18(11-17)31-23-20(24)10-16(13-28-23)22(29)27-12-14-5-6-19-15(9-14)7-8-26-21(19)25/h3-12,14H,13H2,1-2H3,(H2,26,27)(H,28,31);1-4,6,8-12,14H,5,7H2,(H2,27,28);1-5,7,9-12,14H,6,8H2,(H2,27,28);2-11,13H,12H2,1H3,(H2,25,26)(H,27,29). The van der Waals surface area contributed by atoms with E-state index in [2.05, 4.69) is 56.6 Å². The van der Waals surface area contributed by atoms with Crippen molar-refractivity contribution < 1.29 is 42.9 Å². The first-order valence-electron chi connectivity index (χ1n) is 38.4. The lowest BCUT2D eigenvalue weighted by Gasteiger charge is -2.13. The fourth-order valence-electron chi connectivity index (χ4n) is 12.7. The van der Waals surface area contributed by atoms with E-state index in [0.717, 1.165) is 71.0 Å². The fourth-order valence-corrected chi connectivity index (χ4v) is 13.5. The fraction of sp³-hybridized carbons (Fsp3) is 0.0947. The summed E-state index contributed by atoms with van der Waals surface area (Å²) in [7, 11) is 5.50. The van der Waals surface area contributed by atoms with E-state index in [0.29, 0.717) is 124 Å². The lowest BCUT2D eigenvalue weighted by molar-refractivity contribution is 0.0942. The Bertz CT molecular complexity index is 6820. The van der Waals surface area contributed by atoms with Crippen LogP contribution in [-0.2, 0) is 25.9 Å². The lowest BCUT2D eigenvalue weighted by atomic mass is 10.0. The predicted molar refractivity (Wildman–Crippen MR) is 486 cm³/mol. The number of carbonyl (C=O) groups excluding carboxylic acids is 4. The number of para-hydroxylation sites is 1. The monoisotopic (exact) mass is 1740 g/mol. The smallest absolute Gasteiger partial charge is 0.253 e. The van der Waals surface area contributed by atoms with Gasteiger partial charge in [0.15, 0.2) is 11.6 Å². The maximum atomic E-state index is 12.6. The molecule has 0 bridgehead atoms. The zero-order valence-corrected chi connectivity index (χ0v) is 70.1. The zero-order chi connectivity index (χ0) is 88.0. The van der Waals surface area contributed by atoms with E-state index in [1.54, 1.807) is 117 Å². The largest absolute Gasteiger partial charge is 0.497 e. The summed E-state index contributed by atoms with van der Waals surface area (Å²) in [6.07, 6.45) is 14.2. The minimum atomic E-state index is -0.295. The molecule has 10 N–H and O–H groups in total. The van der Waals surface area contributed by atoms with Gasteiger partial charge >= 0.3 is 0 Å². The molecule has 30 heteroatoms. The first-order valence-corrected chi connectivity index (χ1v) is 39.9. The summed E-state index contributed by atoms with van der Waals surface area (Å²) in [5.74, 6) is 4.55. The Morgan fingerprint density at radius 2 is 0.760 bits per heavy atom. The summed E-state index contributed by atoms with van der Waals surface area (Å²) in [6, 6.07) is 69.1. The van der Waals surface area contributed by atoms with Gasteiger partial charge in [-0.15, -0.1) is 0 Å². The number of ether oxygens (including phenoxy) is 5. The summed E-state index contributed by atoms with van der Waals surface area (Å²) in [5.41, 5.74) is 30.8. The first kappa shape index (κ1) is 87.2. The summed E-state index contributed by atoms with van der Waals surface area (Å²) in [4.78, 5) is 85.4. The summed E-state index contributed by atoms with van der Waals surface area (Å²) in [5, 5.41) is 32.2. The van der Waals surface area contributed by atoms with Crippen molar-refractivity contribution in [3.63, 3.8) is 0 Å². The molecular formula is C95H75Cl4N17O9. The van der Waals surface area contributed by atoms with E-state index in [4.69, 9.17) is 98.3 Å². The summed E-state index contributed by atoms with van der Waals surface area (Å²) >= 11 is 25.1. The van der Waals surface area contributed by atoms with Crippen LogP contribution in [0.2, 0.25) is 20.1 Å². The quantitative estimate of drug-likeness (QED) is 0.0306. The minimum absolute atomic E-state index is 0.0678. The number of methoxy groups -OCH3 is 1. The second-order valence-electron chi connectivity index (χ2n) is 28.0. The highest BCUT2D eigenvalue weighted by atomic mass is 35.5. The van der Waals surface area contributed by atoms with E-state index in [-0.39, 0.29) is 67.0 Å². The van der Waals surface area contributed by atoms with Gasteiger partial charge in [-0.05, 0) is 184 Å². The third kappa shape index (κ3) is 22.9. The molecule has 8 aromatic carbocycles. The molecule has 16 rings (SSSR count). The highest BCUT2D eigenvalue weighted by Crippen LogP contribution is 2.36. The van der Waals surface area contributed by atoms with Crippen molar-refractivity contribution in [3.8, 4) is 64.4 Å². The van der Waals surface area contributed by atoms with Crippen LogP contribution in [0.4, 0.5) is 29.0 Å². The molecule has 0 unspecified atom stereocenters. The number of nitrogens with zero attached hydrogens (tertiary/aromatic N) is 11. The number of Topliss-reactive ketones (excluding diaryl/α,β-unsaturated/α-hetero) is 2. The number of hydrogen-bond acceptors (Lipinski definition) is 24. The van der Waals surface area contributed by atoms with Crippen molar-refractivity contribution in [2.45, 2.75) is 38.8 Å². The van der Waals surface area contributed by atoms with Crippen molar-refractivity contribution in [3.05, 3.63) is 344 Å². The Hall–Kier alpha value is -15.6. The number of pyridine rings is 8. The van der Waals surface area contributed by atoms with Gasteiger partial charge < -0.3 is 62.2 Å². The molecule has 8 heterocycles. The number of benzene rings is 8. The average molecular weight is 1740 g/mol. The number of nitrogens with one attached hydrogen (secondary N) is 2. The molecule has 0 fully saturated rings. The van der Waals surface area contributed by atoms with Crippen molar-refractivity contribution in [2.75, 3.05) is 49.0 Å². The van der Waals surface area contributed by atoms with Crippen LogP contribution in [0.3, 0.4) is 0 Å². The number of nitrogen functional groups attached to an aromatic ring is 4. The SMILES string of the molecule is CN(C)c1ccc(Oc2ncc(C(=O)NCc3ccc4c(N)nccc4c3)cc2Cl)cc1.COc1cccc(Oc2ncc(C(=O)NCc3ccc4c(N)nccc4c3)cc2Cl)c1.N#Cc1cccc(Oc2ncc(C(=O)CCc3ccc4c(N)nccc4c3)cc2Cl)c1.N#Cc1ccccc1Oc1ncc(C(=O)CCc2ccc3c(N)nccc3c2)cc1Cl. The number of aryl methyl sites for hydroxylation is 2. The van der Waals surface area contributed by atoms with Crippen LogP contribution >= 0.6 is 46.4 Å². The van der Waals surface area contributed by atoms with E-state index in [1.165, 1.54) is 36.9 Å². The topological polar surface area (TPSA) is 397 Å². The second kappa shape index (κ2) is 41.1. The van der Waals surface area contributed by atoms with Crippen LogP contribution < -0.4 is 62.2 Å². The molecule has 2 amide bonds. The lowest BCUT2D eigenvalue weighted by Crippen LogP contribution is -2.23. The van der Waals surface area contributed by atoms with Crippen LogP contribution in [-0.4, -0.2) is 84.5 Å². The van der Waals surface area contributed by atoms with Gasteiger partial charge in [0.05, 0.1) is 35.4 Å². The number of nitrogens with two attached hydrogens (primary N) is 4. The first-order chi connectivity index (χ1) is 60.5. The van der Waals surface area contributed by atoms with E-state index in [1.807, 2.05) is 146 Å². The number of anilines is 5. The Balaban J connectivity index is 0.000000143. The molecular weight excluding hydrogens is 1660 g/mol. The van der Waals surface area contributed by atoms with Gasteiger partial charge in [0, 0.05) is 134 Å². The van der Waals surface area contributed by atoms with Crippen molar-refractivity contribution >= 4 is 142 Å². The molecule has 622 valence electrons. The Labute approximate surface area is 736 Å². The molecule has 0 aliphatic rings. The number of hydrogen-bond donors (Lipinski definition) is 6. The van der Waals surface area contributed by atoms with Crippen LogP contribution in [0, 0.1) is 22.7 Å². The van der Waals surface area contributed by atoms with Gasteiger partial charge in [-0.1, -0.05) is 131 Å². The molecule has 16 aromatic rings. The van der Waals surface area contributed by atoms with Crippen molar-refractivity contribution in [1.29, 1.82) is 10.5 Å². The highest BCUT2D eigenvalue weighted by Gasteiger charge is 2.20. The number of nitriles is 2. The molecule has 0 saturated carbocycles. The van der Waals surface area contributed by atoms with Gasteiger partial charge in [0.25, 0.3) is 11.8 Å². The second-order valence-corrected chi connectivity index (χ2v) is 29.6.